The molecule has 2 aromatic rings. The predicted octanol–water partition coefficient (Wildman–Crippen LogP) is 4.74. The molecule has 33 heavy (non-hydrogen) atoms. The molecule has 4 rings (SSSR count). The highest BCUT2D eigenvalue weighted by Gasteiger charge is 2.39. The van der Waals surface area contributed by atoms with E-state index in [2.05, 4.69) is 4.90 Å². The maximum atomic E-state index is 13.1. The van der Waals surface area contributed by atoms with E-state index in [4.69, 9.17) is 9.47 Å². The van der Waals surface area contributed by atoms with Crippen LogP contribution in [0, 0.1) is 5.92 Å². The topological polar surface area (TPSA) is 42.0 Å². The molecule has 2 aliphatic rings. The number of ether oxygens (including phenoxy) is 2. The summed E-state index contributed by atoms with van der Waals surface area (Å²) in [5.74, 6) is 1.84. The molecule has 2 fully saturated rings. The number of carbonyl (C=O) groups is 1. The zero-order valence-corrected chi connectivity index (χ0v) is 18.9. The molecule has 2 aliphatic heterocycles. The van der Waals surface area contributed by atoms with Crippen LogP contribution in [-0.2, 0) is 24.1 Å². The molecule has 0 N–H and O–H groups in total. The Kier molecular flexibility index (Phi) is 6.83. The summed E-state index contributed by atoms with van der Waals surface area (Å²) in [5.41, 5.74) is 0.915. The van der Waals surface area contributed by atoms with Crippen molar-refractivity contribution in [2.45, 2.75) is 44.6 Å². The van der Waals surface area contributed by atoms with Gasteiger partial charge in [-0.1, -0.05) is 18.2 Å². The van der Waals surface area contributed by atoms with Crippen LogP contribution >= 0.6 is 0 Å². The van der Waals surface area contributed by atoms with Crippen LogP contribution in [0.25, 0.3) is 0 Å². The van der Waals surface area contributed by atoms with Crippen LogP contribution < -0.4 is 9.47 Å². The summed E-state index contributed by atoms with van der Waals surface area (Å²) in [5, 5.41) is 0. The zero-order chi connectivity index (χ0) is 23.6. The highest BCUT2D eigenvalue weighted by Crippen LogP contribution is 2.35. The van der Waals surface area contributed by atoms with Gasteiger partial charge in [0, 0.05) is 50.3 Å². The quantitative estimate of drug-likeness (QED) is 0.622. The van der Waals surface area contributed by atoms with Crippen LogP contribution in [-0.4, -0.2) is 49.1 Å². The van der Waals surface area contributed by atoms with Crippen LogP contribution in [0.2, 0.25) is 0 Å². The van der Waals surface area contributed by atoms with E-state index < -0.39 is 11.7 Å². The normalized spacial score (nSPS) is 21.6. The molecule has 8 heteroatoms. The lowest BCUT2D eigenvalue weighted by atomic mass is 9.83. The van der Waals surface area contributed by atoms with E-state index in [1.165, 1.54) is 6.07 Å². The number of hydrogen-bond donors (Lipinski definition) is 0. The maximum absolute atomic E-state index is 13.1. The molecule has 2 atom stereocenters. The number of nitrogens with zero attached hydrogens (tertiary/aromatic N) is 2. The Hall–Kier alpha value is -2.74. The highest BCUT2D eigenvalue weighted by molar-refractivity contribution is 5.77. The number of amides is 1. The van der Waals surface area contributed by atoms with Gasteiger partial charge in [-0.05, 0) is 42.5 Å². The third kappa shape index (κ3) is 5.27. The van der Waals surface area contributed by atoms with Crippen LogP contribution in [0.5, 0.6) is 11.5 Å². The van der Waals surface area contributed by atoms with Gasteiger partial charge in [0.15, 0.2) is 0 Å². The molecule has 2 heterocycles. The Labute approximate surface area is 192 Å². The average Bonchev–Trinajstić information content (AvgIpc) is 2.81. The van der Waals surface area contributed by atoms with Gasteiger partial charge in [-0.3, -0.25) is 9.69 Å². The van der Waals surface area contributed by atoms with E-state index in [9.17, 15) is 18.0 Å². The number of alkyl halides is 3. The third-order valence-corrected chi connectivity index (χ3v) is 6.72. The molecular formula is C25H29F3N2O3. The fourth-order valence-electron chi connectivity index (χ4n) is 5.04. The van der Waals surface area contributed by atoms with Crippen LogP contribution in [0.3, 0.4) is 0 Å². The van der Waals surface area contributed by atoms with Gasteiger partial charge in [0.1, 0.15) is 11.5 Å². The van der Waals surface area contributed by atoms with Crippen LogP contribution in [0.1, 0.15) is 36.0 Å². The molecule has 0 spiro atoms. The number of likely N-dealkylation sites (tertiary alicyclic amines) is 2. The molecule has 0 unspecified atom stereocenters. The molecule has 0 saturated carbocycles. The van der Waals surface area contributed by atoms with Gasteiger partial charge in [0.2, 0.25) is 5.91 Å². The number of rotatable bonds is 6. The molecule has 1 amide bonds. The number of fused-ring (bicyclic) bond motifs is 1. The lowest BCUT2D eigenvalue weighted by Gasteiger charge is -2.47. The maximum Gasteiger partial charge on any atom is 0.416 e. The van der Waals surface area contributed by atoms with Gasteiger partial charge in [-0.2, -0.15) is 13.2 Å². The van der Waals surface area contributed by atoms with E-state index >= 15 is 0 Å². The van der Waals surface area contributed by atoms with Gasteiger partial charge < -0.3 is 14.4 Å². The first kappa shape index (κ1) is 23.4. The van der Waals surface area contributed by atoms with E-state index in [1.54, 1.807) is 25.2 Å². The number of benzene rings is 2. The Bertz CT molecular complexity index is 995. The second kappa shape index (κ2) is 9.63. The zero-order valence-electron chi connectivity index (χ0n) is 18.9. The summed E-state index contributed by atoms with van der Waals surface area (Å²) in [6, 6.07) is 11.1. The summed E-state index contributed by atoms with van der Waals surface area (Å²) in [6.45, 7) is 2.60. The summed E-state index contributed by atoms with van der Waals surface area (Å²) in [6.07, 6.45) is -2.36. The fourth-order valence-corrected chi connectivity index (χ4v) is 5.04. The van der Waals surface area contributed by atoms with E-state index in [0.29, 0.717) is 17.9 Å². The number of hydrogen-bond acceptors (Lipinski definition) is 4. The minimum atomic E-state index is -4.39. The second-order valence-corrected chi connectivity index (χ2v) is 8.79. The average molecular weight is 463 g/mol. The van der Waals surface area contributed by atoms with E-state index in [0.717, 1.165) is 61.7 Å². The van der Waals surface area contributed by atoms with Crippen molar-refractivity contribution < 1.29 is 27.4 Å². The summed E-state index contributed by atoms with van der Waals surface area (Å²) >= 11 is 0. The highest BCUT2D eigenvalue weighted by atomic mass is 19.4. The number of carbonyl (C=O) groups excluding carboxylic acids is 1. The van der Waals surface area contributed by atoms with Crippen LogP contribution in [0.4, 0.5) is 13.2 Å². The lowest BCUT2D eigenvalue weighted by Crippen LogP contribution is -2.55. The van der Waals surface area contributed by atoms with Crippen molar-refractivity contribution in [3.63, 3.8) is 0 Å². The molecular weight excluding hydrogens is 433 g/mol. The van der Waals surface area contributed by atoms with Crippen molar-refractivity contribution in [2.24, 2.45) is 5.92 Å². The molecule has 0 aromatic heterocycles. The molecule has 2 saturated heterocycles. The Balaban J connectivity index is 1.44. The second-order valence-electron chi connectivity index (χ2n) is 8.79. The lowest BCUT2D eigenvalue weighted by molar-refractivity contribution is -0.142. The van der Waals surface area contributed by atoms with Gasteiger partial charge in [0.25, 0.3) is 0 Å². The Morgan fingerprint density at radius 2 is 1.85 bits per heavy atom. The standard InChI is InChI=1S/C25H29F3N2O3/c1-32-21-8-6-19(23(13-21)33-2)16-29-11-10-22-18(15-29)7-9-24(31)30(22)14-17-4-3-5-20(12-17)25(26,27)28/h3-6,8,12-13,18,22H,7,9-11,14-16H2,1-2H3/t18-,22+/m1/s1. The number of piperidine rings is 2. The first-order chi connectivity index (χ1) is 15.8. The van der Waals surface area contributed by atoms with Crippen molar-refractivity contribution in [3.05, 3.63) is 59.2 Å². The fraction of sp³-hybridized carbons (Fsp3) is 0.480. The monoisotopic (exact) mass is 462 g/mol. The number of methoxy groups -OCH3 is 2. The van der Waals surface area contributed by atoms with Crippen molar-refractivity contribution in [1.29, 1.82) is 0 Å². The summed E-state index contributed by atoms with van der Waals surface area (Å²) in [4.78, 5) is 16.9. The van der Waals surface area contributed by atoms with E-state index in [-0.39, 0.29) is 18.5 Å². The van der Waals surface area contributed by atoms with Crippen molar-refractivity contribution in [3.8, 4) is 11.5 Å². The molecule has 5 nitrogen and oxygen atoms in total. The minimum absolute atomic E-state index is 0.0268. The van der Waals surface area contributed by atoms with Gasteiger partial charge in [0.05, 0.1) is 19.8 Å². The van der Waals surface area contributed by atoms with Crippen LogP contribution in [0.15, 0.2) is 42.5 Å². The first-order valence-electron chi connectivity index (χ1n) is 11.2. The Morgan fingerprint density at radius 3 is 2.58 bits per heavy atom. The molecule has 0 radical (unpaired) electrons. The Morgan fingerprint density at radius 1 is 1.03 bits per heavy atom. The first-order valence-corrected chi connectivity index (χ1v) is 11.2. The van der Waals surface area contributed by atoms with Crippen molar-refractivity contribution in [2.75, 3.05) is 27.3 Å². The smallest absolute Gasteiger partial charge is 0.416 e. The van der Waals surface area contributed by atoms with Gasteiger partial charge in [-0.15, -0.1) is 0 Å². The van der Waals surface area contributed by atoms with Crippen molar-refractivity contribution in [1.82, 2.24) is 9.80 Å². The summed E-state index contributed by atoms with van der Waals surface area (Å²) < 4.78 is 50.1. The van der Waals surface area contributed by atoms with E-state index in [1.807, 2.05) is 18.2 Å². The minimum Gasteiger partial charge on any atom is -0.497 e. The van der Waals surface area contributed by atoms with Gasteiger partial charge >= 0.3 is 6.18 Å². The SMILES string of the molecule is COc1ccc(CN2CC[C@H]3[C@H](CCC(=O)N3Cc3cccc(C(F)(F)F)c3)C2)c(OC)c1. The molecule has 2 aromatic carbocycles. The molecule has 0 bridgehead atoms. The third-order valence-electron chi connectivity index (χ3n) is 6.72. The van der Waals surface area contributed by atoms with Gasteiger partial charge in [-0.25, -0.2) is 0 Å². The number of halogens is 3. The molecule has 0 aliphatic carbocycles. The summed E-state index contributed by atoms with van der Waals surface area (Å²) in [7, 11) is 3.26. The predicted molar refractivity (Wildman–Crippen MR) is 118 cm³/mol. The van der Waals surface area contributed by atoms with Crippen molar-refractivity contribution >= 4 is 5.91 Å². The molecule has 178 valence electrons. The largest absolute Gasteiger partial charge is 0.497 e.